The molecule has 130 valence electrons. The highest BCUT2D eigenvalue weighted by Crippen LogP contribution is 2.31. The summed E-state index contributed by atoms with van der Waals surface area (Å²) >= 11 is 0. The summed E-state index contributed by atoms with van der Waals surface area (Å²) in [6.45, 7) is 9.52. The van der Waals surface area contributed by atoms with E-state index in [1.165, 1.54) is 24.1 Å². The first-order valence-electron chi connectivity index (χ1n) is 9.13. The molecule has 5 nitrogen and oxygen atoms in total. The highest BCUT2D eigenvalue weighted by atomic mass is 16.5. The third-order valence-corrected chi connectivity index (χ3v) is 5.00. The molecule has 0 N–H and O–H groups in total. The molecule has 2 aromatic rings. The first kappa shape index (κ1) is 15.9. The predicted molar refractivity (Wildman–Crippen MR) is 91.7 cm³/mol. The topological polar surface area (TPSA) is 43.4 Å². The minimum atomic E-state index is 0.358. The van der Waals surface area contributed by atoms with E-state index in [1.54, 1.807) is 0 Å². The highest BCUT2D eigenvalue weighted by molar-refractivity contribution is 5.25. The molecule has 4 rings (SSSR count). The first-order chi connectivity index (χ1) is 11.7. The zero-order valence-corrected chi connectivity index (χ0v) is 14.7. The highest BCUT2D eigenvalue weighted by Gasteiger charge is 2.30. The molecule has 2 aromatic heterocycles. The standard InChI is InChI=1S/C19H27N3O2/c1-3-22-10-16-8-21(11-18-7-4-14(2)24-18)9-17(19(16)20-22)13-23-12-15-5-6-15/h4,7,10,15,17H,3,5-6,8-9,11-13H2,1-2H3/t17-/m0/s1. The van der Waals surface area contributed by atoms with Crippen molar-refractivity contribution in [2.75, 3.05) is 19.8 Å². The molecule has 0 unspecified atom stereocenters. The van der Waals surface area contributed by atoms with Crippen molar-refractivity contribution in [2.24, 2.45) is 5.92 Å². The molecule has 1 fully saturated rings. The zero-order valence-electron chi connectivity index (χ0n) is 14.7. The molecule has 24 heavy (non-hydrogen) atoms. The van der Waals surface area contributed by atoms with Gasteiger partial charge < -0.3 is 9.15 Å². The molecule has 5 heteroatoms. The molecule has 1 saturated carbocycles. The van der Waals surface area contributed by atoms with E-state index >= 15 is 0 Å². The van der Waals surface area contributed by atoms with E-state index < -0.39 is 0 Å². The number of ether oxygens (including phenoxy) is 1. The Balaban J connectivity index is 1.46. The van der Waals surface area contributed by atoms with Crippen molar-refractivity contribution in [1.82, 2.24) is 14.7 Å². The van der Waals surface area contributed by atoms with Crippen LogP contribution in [0.4, 0.5) is 0 Å². The average molecular weight is 329 g/mol. The molecule has 0 saturated heterocycles. The molecule has 2 aliphatic rings. The fraction of sp³-hybridized carbons (Fsp3) is 0.632. The van der Waals surface area contributed by atoms with Crippen LogP contribution in [0.5, 0.6) is 0 Å². The molecule has 3 heterocycles. The Morgan fingerprint density at radius 1 is 1.29 bits per heavy atom. The third kappa shape index (κ3) is 3.57. The Morgan fingerprint density at radius 2 is 2.17 bits per heavy atom. The number of rotatable bonds is 7. The fourth-order valence-corrected chi connectivity index (χ4v) is 3.51. The second kappa shape index (κ2) is 6.73. The first-order valence-corrected chi connectivity index (χ1v) is 9.13. The summed E-state index contributed by atoms with van der Waals surface area (Å²) in [5, 5.41) is 4.80. The number of aryl methyl sites for hydroxylation is 2. The van der Waals surface area contributed by atoms with E-state index in [0.717, 1.165) is 56.8 Å². The normalized spacial score (nSPS) is 21.2. The largest absolute Gasteiger partial charge is 0.465 e. The van der Waals surface area contributed by atoms with Gasteiger partial charge in [-0.05, 0) is 44.7 Å². The Labute approximate surface area is 143 Å². The van der Waals surface area contributed by atoms with E-state index in [1.807, 2.05) is 13.0 Å². The smallest absolute Gasteiger partial charge is 0.118 e. The van der Waals surface area contributed by atoms with Gasteiger partial charge in [-0.25, -0.2) is 0 Å². The van der Waals surface area contributed by atoms with Gasteiger partial charge in [-0.3, -0.25) is 9.58 Å². The Hall–Kier alpha value is -1.59. The third-order valence-electron chi connectivity index (χ3n) is 5.00. The molecule has 1 aliphatic carbocycles. The van der Waals surface area contributed by atoms with Crippen molar-refractivity contribution in [3.63, 3.8) is 0 Å². The lowest BCUT2D eigenvalue weighted by molar-refractivity contribution is 0.0864. The van der Waals surface area contributed by atoms with Crippen molar-refractivity contribution >= 4 is 0 Å². The van der Waals surface area contributed by atoms with Crippen molar-refractivity contribution in [2.45, 2.75) is 52.2 Å². The summed E-state index contributed by atoms with van der Waals surface area (Å²) in [5.74, 6) is 3.18. The minimum absolute atomic E-state index is 0.358. The van der Waals surface area contributed by atoms with Crippen molar-refractivity contribution < 1.29 is 9.15 Å². The molecule has 1 atom stereocenters. The lowest BCUT2D eigenvalue weighted by Gasteiger charge is -2.31. The minimum Gasteiger partial charge on any atom is -0.465 e. The number of hydrogen-bond donors (Lipinski definition) is 0. The van der Waals surface area contributed by atoms with Gasteiger partial charge in [0.2, 0.25) is 0 Å². The molecular formula is C19H27N3O2. The second-order valence-electron chi connectivity index (χ2n) is 7.26. The van der Waals surface area contributed by atoms with Gasteiger partial charge in [0.1, 0.15) is 11.5 Å². The summed E-state index contributed by atoms with van der Waals surface area (Å²) in [6, 6.07) is 4.12. The van der Waals surface area contributed by atoms with Crippen LogP contribution < -0.4 is 0 Å². The van der Waals surface area contributed by atoms with Crippen molar-refractivity contribution in [3.05, 3.63) is 41.1 Å². The molecule has 0 aromatic carbocycles. The van der Waals surface area contributed by atoms with Crippen LogP contribution >= 0.6 is 0 Å². The number of hydrogen-bond acceptors (Lipinski definition) is 4. The quantitative estimate of drug-likeness (QED) is 0.781. The number of aromatic nitrogens is 2. The summed E-state index contributed by atoms with van der Waals surface area (Å²) in [6.07, 6.45) is 4.87. The molecule has 0 radical (unpaired) electrons. The maximum Gasteiger partial charge on any atom is 0.118 e. The van der Waals surface area contributed by atoms with E-state index in [2.05, 4.69) is 28.8 Å². The van der Waals surface area contributed by atoms with Gasteiger partial charge in [0.15, 0.2) is 0 Å². The average Bonchev–Trinajstić information content (AvgIpc) is 3.15. The molecular weight excluding hydrogens is 302 g/mol. The molecule has 0 bridgehead atoms. The number of nitrogens with zero attached hydrogens (tertiary/aromatic N) is 3. The van der Waals surface area contributed by atoms with Crippen molar-refractivity contribution in [3.8, 4) is 0 Å². The van der Waals surface area contributed by atoms with Crippen LogP contribution in [0.15, 0.2) is 22.7 Å². The molecule has 0 spiro atoms. The van der Waals surface area contributed by atoms with Gasteiger partial charge in [-0.2, -0.15) is 5.10 Å². The molecule has 1 aliphatic heterocycles. The van der Waals surface area contributed by atoms with Gasteiger partial charge >= 0.3 is 0 Å². The van der Waals surface area contributed by atoms with Crippen LogP contribution in [0.3, 0.4) is 0 Å². The lowest BCUT2D eigenvalue weighted by Crippen LogP contribution is -2.34. The van der Waals surface area contributed by atoms with E-state index in [4.69, 9.17) is 14.3 Å². The van der Waals surface area contributed by atoms with E-state index in [9.17, 15) is 0 Å². The van der Waals surface area contributed by atoms with Gasteiger partial charge in [0, 0.05) is 43.9 Å². The van der Waals surface area contributed by atoms with Crippen LogP contribution in [0.2, 0.25) is 0 Å². The predicted octanol–water partition coefficient (Wildman–Crippen LogP) is 3.33. The summed E-state index contributed by atoms with van der Waals surface area (Å²) in [5.41, 5.74) is 2.57. The lowest BCUT2D eigenvalue weighted by atomic mass is 9.97. The zero-order chi connectivity index (χ0) is 16.5. The Morgan fingerprint density at radius 3 is 2.88 bits per heavy atom. The van der Waals surface area contributed by atoms with Crippen LogP contribution in [0.25, 0.3) is 0 Å². The number of furan rings is 1. The van der Waals surface area contributed by atoms with Crippen LogP contribution in [0.1, 0.15) is 48.5 Å². The van der Waals surface area contributed by atoms with Gasteiger partial charge in [-0.15, -0.1) is 0 Å². The SMILES string of the molecule is CCn1cc2c(n1)[C@H](COCC1CC1)CN(Cc1ccc(C)o1)C2. The van der Waals surface area contributed by atoms with E-state index in [-0.39, 0.29) is 0 Å². The molecule has 0 amide bonds. The maximum atomic E-state index is 6.00. The Kier molecular flexibility index (Phi) is 4.46. The maximum absolute atomic E-state index is 6.00. The Bertz CT molecular complexity index is 687. The van der Waals surface area contributed by atoms with Crippen molar-refractivity contribution in [1.29, 1.82) is 0 Å². The monoisotopic (exact) mass is 329 g/mol. The van der Waals surface area contributed by atoms with E-state index in [0.29, 0.717) is 5.92 Å². The second-order valence-corrected chi connectivity index (χ2v) is 7.26. The van der Waals surface area contributed by atoms with Gasteiger partial charge in [0.25, 0.3) is 0 Å². The summed E-state index contributed by atoms with van der Waals surface area (Å²) in [7, 11) is 0. The van der Waals surface area contributed by atoms with Crippen LogP contribution in [0, 0.1) is 12.8 Å². The van der Waals surface area contributed by atoms with Crippen LogP contribution in [-0.2, 0) is 24.4 Å². The van der Waals surface area contributed by atoms with Gasteiger partial charge in [-0.1, -0.05) is 0 Å². The number of fused-ring (bicyclic) bond motifs is 1. The van der Waals surface area contributed by atoms with Crippen LogP contribution in [-0.4, -0.2) is 34.4 Å². The van der Waals surface area contributed by atoms with Gasteiger partial charge in [0.05, 0.1) is 18.8 Å². The summed E-state index contributed by atoms with van der Waals surface area (Å²) < 4.78 is 13.8. The summed E-state index contributed by atoms with van der Waals surface area (Å²) in [4.78, 5) is 2.45. The fourth-order valence-electron chi connectivity index (χ4n) is 3.51.